The Hall–Kier alpha value is -1.97. The van der Waals surface area contributed by atoms with Gasteiger partial charge in [0.1, 0.15) is 6.10 Å². The van der Waals surface area contributed by atoms with Crippen LogP contribution >= 0.6 is 11.3 Å². The summed E-state index contributed by atoms with van der Waals surface area (Å²) in [6.45, 7) is 0.557. The largest absolute Gasteiger partial charge is 0.465 e. The van der Waals surface area contributed by atoms with Crippen molar-refractivity contribution in [3.05, 3.63) is 41.4 Å². The quantitative estimate of drug-likeness (QED) is 0.754. The van der Waals surface area contributed by atoms with Crippen molar-refractivity contribution in [2.75, 3.05) is 20.2 Å². The maximum Gasteiger partial charge on any atom is 0.337 e. The second kappa shape index (κ2) is 6.26. The lowest BCUT2D eigenvalue weighted by Gasteiger charge is -2.37. The van der Waals surface area contributed by atoms with E-state index in [1.807, 2.05) is 0 Å². The van der Waals surface area contributed by atoms with Crippen LogP contribution in [0, 0.1) is 0 Å². The highest BCUT2D eigenvalue weighted by atomic mass is 32.2. The minimum Gasteiger partial charge on any atom is -0.465 e. The fraction of sp³-hybridized carbons (Fsp3) is 0.286. The fourth-order valence-corrected chi connectivity index (χ4v) is 4.17. The van der Waals surface area contributed by atoms with Crippen LogP contribution in [0.4, 0.5) is 0 Å². The summed E-state index contributed by atoms with van der Waals surface area (Å²) in [6, 6.07) is 5.66. The lowest BCUT2D eigenvalue weighted by atomic mass is 10.2. The number of hydrogen-bond acceptors (Lipinski definition) is 7. The number of carbonyl (C=O) groups excluding carboxylic acids is 1. The minimum atomic E-state index is -3.58. The summed E-state index contributed by atoms with van der Waals surface area (Å²) < 4.78 is 36.4. The summed E-state index contributed by atoms with van der Waals surface area (Å²) in [5.41, 5.74) is 0.306. The third kappa shape index (κ3) is 3.21. The molecule has 1 aliphatic rings. The highest BCUT2D eigenvalue weighted by Crippen LogP contribution is 2.25. The maximum absolute atomic E-state index is 12.5. The second-order valence-corrected chi connectivity index (χ2v) is 7.67. The number of ether oxygens (including phenoxy) is 2. The van der Waals surface area contributed by atoms with Crippen LogP contribution in [0.2, 0.25) is 0 Å². The van der Waals surface area contributed by atoms with Crippen molar-refractivity contribution in [3.8, 4) is 5.19 Å². The van der Waals surface area contributed by atoms with Crippen molar-refractivity contribution in [3.63, 3.8) is 0 Å². The third-order valence-corrected chi connectivity index (χ3v) is 5.91. The first-order valence-corrected chi connectivity index (χ1v) is 9.07. The number of sulfonamides is 1. The van der Waals surface area contributed by atoms with E-state index in [1.165, 1.54) is 47.0 Å². The predicted molar refractivity (Wildman–Crippen MR) is 83.1 cm³/mol. The van der Waals surface area contributed by atoms with Gasteiger partial charge >= 0.3 is 5.97 Å². The molecule has 0 spiro atoms. The lowest BCUT2D eigenvalue weighted by Crippen LogP contribution is -2.55. The predicted octanol–water partition coefficient (Wildman–Crippen LogP) is 1.38. The molecule has 0 saturated carbocycles. The van der Waals surface area contributed by atoms with Gasteiger partial charge in [0.2, 0.25) is 10.0 Å². The normalized spacial score (nSPS) is 15.9. The summed E-state index contributed by atoms with van der Waals surface area (Å²) in [7, 11) is -2.31. The maximum atomic E-state index is 12.5. The summed E-state index contributed by atoms with van der Waals surface area (Å²) in [5, 5.41) is 2.33. The minimum absolute atomic E-state index is 0.137. The Morgan fingerprint density at radius 1 is 1.30 bits per heavy atom. The zero-order valence-electron chi connectivity index (χ0n) is 12.2. The van der Waals surface area contributed by atoms with E-state index in [9.17, 15) is 13.2 Å². The van der Waals surface area contributed by atoms with Gasteiger partial charge in [-0.1, -0.05) is 11.3 Å². The van der Waals surface area contributed by atoms with Gasteiger partial charge in [-0.3, -0.25) is 0 Å². The Kier molecular flexibility index (Phi) is 4.33. The number of carbonyl (C=O) groups is 1. The number of benzene rings is 1. The molecule has 122 valence electrons. The molecule has 3 rings (SSSR count). The number of hydrogen-bond donors (Lipinski definition) is 0. The molecule has 2 heterocycles. The zero-order valence-corrected chi connectivity index (χ0v) is 13.8. The molecular formula is C14H14N2O5S2. The molecule has 0 radical (unpaired) electrons. The molecule has 1 aromatic heterocycles. The van der Waals surface area contributed by atoms with Gasteiger partial charge in [0.25, 0.3) is 5.19 Å². The molecule has 7 nitrogen and oxygen atoms in total. The standard InChI is InChI=1S/C14H14N2O5S2/c1-20-13(17)10-2-4-12(5-3-10)23(18,19)16-8-11(9-16)21-14-15-6-7-22-14/h2-7,11H,8-9H2,1H3. The number of nitrogens with zero attached hydrogens (tertiary/aromatic N) is 2. The summed E-state index contributed by atoms with van der Waals surface area (Å²) in [6.07, 6.45) is 1.45. The molecule has 2 aromatic rings. The van der Waals surface area contributed by atoms with Crippen molar-refractivity contribution in [1.82, 2.24) is 9.29 Å². The van der Waals surface area contributed by atoms with Crippen LogP contribution in [0.25, 0.3) is 0 Å². The SMILES string of the molecule is COC(=O)c1ccc(S(=O)(=O)N2CC(Oc3nccs3)C2)cc1. The number of rotatable bonds is 5. The molecule has 1 fully saturated rings. The second-order valence-electron chi connectivity index (χ2n) is 4.88. The fourth-order valence-electron chi connectivity index (χ4n) is 2.11. The summed E-state index contributed by atoms with van der Waals surface area (Å²) >= 11 is 1.37. The van der Waals surface area contributed by atoms with Gasteiger partial charge in [0.05, 0.1) is 30.7 Å². The first-order valence-electron chi connectivity index (χ1n) is 6.75. The molecule has 0 amide bonds. The van der Waals surface area contributed by atoms with Crippen LogP contribution in [0.15, 0.2) is 40.7 Å². The molecule has 0 aliphatic carbocycles. The first-order chi connectivity index (χ1) is 11.0. The molecule has 1 aromatic carbocycles. The van der Waals surface area contributed by atoms with Crippen molar-refractivity contribution in [1.29, 1.82) is 0 Å². The Morgan fingerprint density at radius 2 is 2.00 bits per heavy atom. The molecule has 0 N–H and O–H groups in total. The number of methoxy groups -OCH3 is 1. The van der Waals surface area contributed by atoms with E-state index < -0.39 is 16.0 Å². The molecule has 1 aliphatic heterocycles. The Morgan fingerprint density at radius 3 is 2.57 bits per heavy atom. The third-order valence-electron chi connectivity index (χ3n) is 3.40. The topological polar surface area (TPSA) is 85.8 Å². The monoisotopic (exact) mass is 354 g/mol. The molecular weight excluding hydrogens is 340 g/mol. The van der Waals surface area contributed by atoms with Gasteiger partial charge in [0.15, 0.2) is 0 Å². The van der Waals surface area contributed by atoms with E-state index in [0.717, 1.165) is 0 Å². The van der Waals surface area contributed by atoms with Crippen LogP contribution in [-0.2, 0) is 14.8 Å². The van der Waals surface area contributed by atoms with E-state index in [-0.39, 0.29) is 24.1 Å². The van der Waals surface area contributed by atoms with Gasteiger partial charge in [-0.15, -0.1) is 0 Å². The zero-order chi connectivity index (χ0) is 16.4. The van der Waals surface area contributed by atoms with Crippen LogP contribution in [0.5, 0.6) is 5.19 Å². The van der Waals surface area contributed by atoms with E-state index in [1.54, 1.807) is 11.6 Å². The van der Waals surface area contributed by atoms with Crippen LogP contribution in [-0.4, -0.2) is 50.0 Å². The number of esters is 1. The van der Waals surface area contributed by atoms with Crippen LogP contribution in [0.1, 0.15) is 10.4 Å². The summed E-state index contributed by atoms with van der Waals surface area (Å²) in [5.74, 6) is -0.505. The summed E-state index contributed by atoms with van der Waals surface area (Å²) in [4.78, 5) is 15.5. The van der Waals surface area contributed by atoms with Gasteiger partial charge in [-0.05, 0) is 24.3 Å². The van der Waals surface area contributed by atoms with Crippen molar-refractivity contribution in [2.45, 2.75) is 11.0 Å². The number of thiazole rings is 1. The van der Waals surface area contributed by atoms with Crippen molar-refractivity contribution < 1.29 is 22.7 Å². The van der Waals surface area contributed by atoms with Gasteiger partial charge in [0, 0.05) is 11.6 Å². The van der Waals surface area contributed by atoms with Crippen LogP contribution < -0.4 is 4.74 Å². The Balaban J connectivity index is 1.65. The van der Waals surface area contributed by atoms with E-state index in [0.29, 0.717) is 10.8 Å². The van der Waals surface area contributed by atoms with E-state index >= 15 is 0 Å². The van der Waals surface area contributed by atoms with Crippen LogP contribution in [0.3, 0.4) is 0 Å². The molecule has 23 heavy (non-hydrogen) atoms. The van der Waals surface area contributed by atoms with Gasteiger partial charge < -0.3 is 9.47 Å². The Labute approximate surface area is 137 Å². The molecule has 0 bridgehead atoms. The van der Waals surface area contributed by atoms with Crippen molar-refractivity contribution in [2.24, 2.45) is 0 Å². The van der Waals surface area contributed by atoms with Crippen molar-refractivity contribution >= 4 is 27.3 Å². The molecule has 9 heteroatoms. The molecule has 0 atom stereocenters. The average Bonchev–Trinajstić information content (AvgIpc) is 3.02. The average molecular weight is 354 g/mol. The molecule has 1 saturated heterocycles. The highest BCUT2D eigenvalue weighted by Gasteiger charge is 2.38. The van der Waals surface area contributed by atoms with Gasteiger partial charge in [-0.25, -0.2) is 18.2 Å². The van der Waals surface area contributed by atoms with E-state index in [2.05, 4.69) is 9.72 Å². The Bertz CT molecular complexity index is 781. The number of aromatic nitrogens is 1. The lowest BCUT2D eigenvalue weighted by molar-refractivity contribution is 0.0600. The first kappa shape index (κ1) is 15.9. The smallest absolute Gasteiger partial charge is 0.337 e. The van der Waals surface area contributed by atoms with Gasteiger partial charge in [-0.2, -0.15) is 4.31 Å². The molecule has 0 unspecified atom stereocenters. The highest BCUT2D eigenvalue weighted by molar-refractivity contribution is 7.89. The van der Waals surface area contributed by atoms with E-state index in [4.69, 9.17) is 4.74 Å².